The molecule has 0 aliphatic heterocycles. The van der Waals surface area contributed by atoms with E-state index < -0.39 is 12.0 Å². The van der Waals surface area contributed by atoms with Crippen LogP contribution in [0.3, 0.4) is 0 Å². The van der Waals surface area contributed by atoms with Gasteiger partial charge in [0.05, 0.1) is 7.11 Å². The van der Waals surface area contributed by atoms with Gasteiger partial charge in [-0.25, -0.2) is 10.2 Å². The van der Waals surface area contributed by atoms with Gasteiger partial charge in [-0.1, -0.05) is 30.3 Å². The van der Waals surface area contributed by atoms with Crippen LogP contribution in [0.1, 0.15) is 18.4 Å². The maximum Gasteiger partial charge on any atom is 0.425 e. The summed E-state index contributed by atoms with van der Waals surface area (Å²) in [4.78, 5) is 33.5. The number of carbonyl (C=O) groups excluding carboxylic acids is 3. The van der Waals surface area contributed by atoms with Gasteiger partial charge >= 0.3 is 6.09 Å². The standard InChI is InChI=1S/C13H17N3O4/c1-20-13(19)16-15-12(18)8-7-11(17)14-9-10-5-3-2-4-6-10/h2-6H,7-9H2,1H3,(H,14,17)(H,15,18)(H,16,19). The van der Waals surface area contributed by atoms with Gasteiger partial charge in [0.2, 0.25) is 11.8 Å². The van der Waals surface area contributed by atoms with Crippen LogP contribution >= 0.6 is 0 Å². The van der Waals surface area contributed by atoms with E-state index in [9.17, 15) is 14.4 Å². The third-order valence-electron chi connectivity index (χ3n) is 2.40. The maximum absolute atomic E-state index is 11.5. The minimum absolute atomic E-state index is 0.0232. The van der Waals surface area contributed by atoms with Crippen molar-refractivity contribution < 1.29 is 19.1 Å². The van der Waals surface area contributed by atoms with E-state index in [1.807, 2.05) is 35.8 Å². The van der Waals surface area contributed by atoms with Gasteiger partial charge in [-0.15, -0.1) is 0 Å². The summed E-state index contributed by atoms with van der Waals surface area (Å²) in [5.41, 5.74) is 5.12. The van der Waals surface area contributed by atoms with Crippen molar-refractivity contribution in [3.8, 4) is 0 Å². The fraction of sp³-hybridized carbons (Fsp3) is 0.308. The molecule has 0 bridgehead atoms. The third-order valence-corrected chi connectivity index (χ3v) is 2.40. The zero-order valence-electron chi connectivity index (χ0n) is 11.1. The average molecular weight is 279 g/mol. The first-order valence-electron chi connectivity index (χ1n) is 6.05. The summed E-state index contributed by atoms with van der Waals surface area (Å²) in [6.45, 7) is 0.418. The lowest BCUT2D eigenvalue weighted by molar-refractivity contribution is -0.126. The second kappa shape index (κ2) is 8.52. The highest BCUT2D eigenvalue weighted by molar-refractivity contribution is 5.84. The lowest BCUT2D eigenvalue weighted by Gasteiger charge is -2.07. The van der Waals surface area contributed by atoms with Crippen LogP contribution < -0.4 is 16.2 Å². The SMILES string of the molecule is COC(=O)NNC(=O)CCC(=O)NCc1ccccc1. The number of hydrazine groups is 1. The van der Waals surface area contributed by atoms with E-state index in [1.165, 1.54) is 7.11 Å². The summed E-state index contributed by atoms with van der Waals surface area (Å²) in [5, 5.41) is 2.70. The second-order valence-corrected chi connectivity index (χ2v) is 3.93. The van der Waals surface area contributed by atoms with Gasteiger partial charge in [0.1, 0.15) is 0 Å². The fourth-order valence-electron chi connectivity index (χ4n) is 1.35. The Bertz CT molecular complexity index is 462. The summed E-state index contributed by atoms with van der Waals surface area (Å²) < 4.78 is 4.27. The first-order chi connectivity index (χ1) is 9.61. The lowest BCUT2D eigenvalue weighted by atomic mass is 10.2. The van der Waals surface area contributed by atoms with E-state index in [2.05, 4.69) is 15.5 Å². The van der Waals surface area contributed by atoms with Crippen molar-refractivity contribution in [2.24, 2.45) is 0 Å². The van der Waals surface area contributed by atoms with Gasteiger partial charge in [0, 0.05) is 19.4 Å². The van der Waals surface area contributed by atoms with Crippen LogP contribution in [-0.2, 0) is 20.9 Å². The molecule has 7 nitrogen and oxygen atoms in total. The van der Waals surface area contributed by atoms with Crippen LogP contribution in [0.4, 0.5) is 4.79 Å². The number of hydrogen-bond acceptors (Lipinski definition) is 4. The van der Waals surface area contributed by atoms with Gasteiger partial charge in [0.15, 0.2) is 0 Å². The number of rotatable bonds is 5. The molecule has 3 N–H and O–H groups in total. The molecule has 0 unspecified atom stereocenters. The smallest absolute Gasteiger partial charge is 0.425 e. The fourth-order valence-corrected chi connectivity index (χ4v) is 1.35. The topological polar surface area (TPSA) is 96.5 Å². The number of nitrogens with one attached hydrogen (secondary N) is 3. The quantitative estimate of drug-likeness (QED) is 0.683. The molecule has 0 heterocycles. The average Bonchev–Trinajstić information content (AvgIpc) is 2.49. The summed E-state index contributed by atoms with van der Waals surface area (Å²) in [6.07, 6.45) is -0.751. The zero-order chi connectivity index (χ0) is 14.8. The van der Waals surface area contributed by atoms with Crippen LogP contribution in [0, 0.1) is 0 Å². The molecule has 3 amide bonds. The van der Waals surface area contributed by atoms with Gasteiger partial charge in [-0.05, 0) is 5.56 Å². The predicted octanol–water partition coefficient (Wildman–Crippen LogP) is 0.470. The van der Waals surface area contributed by atoms with Gasteiger partial charge in [-0.2, -0.15) is 0 Å². The first-order valence-corrected chi connectivity index (χ1v) is 6.05. The van der Waals surface area contributed by atoms with Gasteiger partial charge in [0.25, 0.3) is 0 Å². The van der Waals surface area contributed by atoms with Crippen LogP contribution in [0.25, 0.3) is 0 Å². The zero-order valence-corrected chi connectivity index (χ0v) is 11.1. The van der Waals surface area contributed by atoms with E-state index >= 15 is 0 Å². The highest BCUT2D eigenvalue weighted by atomic mass is 16.5. The van der Waals surface area contributed by atoms with Crippen LogP contribution in [0.2, 0.25) is 0 Å². The molecular weight excluding hydrogens is 262 g/mol. The Hall–Kier alpha value is -2.57. The van der Waals surface area contributed by atoms with Crippen molar-refractivity contribution in [3.63, 3.8) is 0 Å². The van der Waals surface area contributed by atoms with Gasteiger partial charge in [-0.3, -0.25) is 15.0 Å². The Morgan fingerprint density at radius 1 is 1.00 bits per heavy atom. The molecule has 1 aromatic carbocycles. The molecule has 0 saturated heterocycles. The largest absolute Gasteiger partial charge is 0.452 e. The molecule has 1 rings (SSSR count). The third kappa shape index (κ3) is 6.39. The maximum atomic E-state index is 11.5. The number of carbonyl (C=O) groups is 3. The van der Waals surface area contributed by atoms with E-state index in [0.717, 1.165) is 5.56 Å². The molecule has 7 heteroatoms. The molecule has 108 valence electrons. The minimum Gasteiger partial charge on any atom is -0.452 e. The Morgan fingerprint density at radius 2 is 1.65 bits per heavy atom. The number of methoxy groups -OCH3 is 1. The highest BCUT2D eigenvalue weighted by Gasteiger charge is 2.07. The van der Waals surface area contributed by atoms with Crippen LogP contribution in [0.15, 0.2) is 30.3 Å². The Kier molecular flexibility index (Phi) is 6.60. The molecule has 0 aliphatic rings. The predicted molar refractivity (Wildman–Crippen MR) is 71.2 cm³/mol. The van der Waals surface area contributed by atoms with Crippen molar-refractivity contribution in [1.29, 1.82) is 0 Å². The monoisotopic (exact) mass is 279 g/mol. The van der Waals surface area contributed by atoms with Crippen molar-refractivity contribution in [1.82, 2.24) is 16.2 Å². The Morgan fingerprint density at radius 3 is 2.30 bits per heavy atom. The normalized spacial score (nSPS) is 9.45. The molecule has 0 fully saturated rings. The van der Waals surface area contributed by atoms with Gasteiger partial charge < -0.3 is 10.1 Å². The minimum atomic E-state index is -0.771. The molecule has 0 radical (unpaired) electrons. The highest BCUT2D eigenvalue weighted by Crippen LogP contribution is 1.98. The van der Waals surface area contributed by atoms with E-state index in [1.54, 1.807) is 0 Å². The summed E-state index contributed by atoms with van der Waals surface area (Å²) in [7, 11) is 1.18. The van der Waals surface area contributed by atoms with E-state index in [-0.39, 0.29) is 18.7 Å². The molecule has 0 atom stereocenters. The summed E-state index contributed by atoms with van der Waals surface area (Å²) in [6, 6.07) is 9.45. The number of ether oxygens (including phenoxy) is 1. The Balaban J connectivity index is 2.16. The second-order valence-electron chi connectivity index (χ2n) is 3.93. The van der Waals surface area contributed by atoms with Crippen molar-refractivity contribution in [2.75, 3.05) is 7.11 Å². The summed E-state index contributed by atoms with van der Waals surface area (Å²) in [5.74, 6) is -0.702. The van der Waals surface area contributed by atoms with Crippen LogP contribution in [0.5, 0.6) is 0 Å². The van der Waals surface area contributed by atoms with Crippen molar-refractivity contribution >= 4 is 17.9 Å². The molecular formula is C13H17N3O4. The molecule has 0 aliphatic carbocycles. The Labute approximate surface area is 116 Å². The summed E-state index contributed by atoms with van der Waals surface area (Å²) >= 11 is 0. The van der Waals surface area contributed by atoms with Crippen LogP contribution in [-0.4, -0.2) is 25.0 Å². The number of hydrogen-bond donors (Lipinski definition) is 3. The molecule has 0 aromatic heterocycles. The van der Waals surface area contributed by atoms with Crippen molar-refractivity contribution in [3.05, 3.63) is 35.9 Å². The van der Waals surface area contributed by atoms with Crippen molar-refractivity contribution in [2.45, 2.75) is 19.4 Å². The molecule has 0 spiro atoms. The number of amides is 3. The molecule has 0 saturated carbocycles. The number of benzene rings is 1. The first kappa shape index (κ1) is 15.5. The molecule has 20 heavy (non-hydrogen) atoms. The lowest BCUT2D eigenvalue weighted by Crippen LogP contribution is -2.41. The van der Waals surface area contributed by atoms with E-state index in [4.69, 9.17) is 0 Å². The molecule has 1 aromatic rings. The van der Waals surface area contributed by atoms with E-state index in [0.29, 0.717) is 6.54 Å².